The van der Waals surface area contributed by atoms with Crippen molar-refractivity contribution in [3.8, 4) is 5.75 Å². The summed E-state index contributed by atoms with van der Waals surface area (Å²) in [6, 6.07) is 14.1. The number of benzene rings is 2. The van der Waals surface area contributed by atoms with Gasteiger partial charge in [-0.25, -0.2) is 0 Å². The number of para-hydroxylation sites is 1. The summed E-state index contributed by atoms with van der Waals surface area (Å²) in [5.41, 5.74) is 4.93. The second-order valence-electron chi connectivity index (χ2n) is 6.89. The predicted molar refractivity (Wildman–Crippen MR) is 102 cm³/mol. The molecule has 0 saturated heterocycles. The van der Waals surface area contributed by atoms with Crippen molar-refractivity contribution < 1.29 is 9.53 Å². The fourth-order valence-electron chi connectivity index (χ4n) is 4.02. The lowest BCUT2D eigenvalue weighted by Crippen LogP contribution is -2.07. The molecule has 0 aromatic heterocycles. The maximum atomic E-state index is 12.3. The molecule has 1 amide bonds. The maximum Gasteiger partial charge on any atom is 0.256 e. The SMILES string of the molecule is COc1ccc(/C=C2/C(=O)Nc3ccccc32)cc1C1CCCCC1. The van der Waals surface area contributed by atoms with Crippen LogP contribution in [0.25, 0.3) is 11.6 Å². The Kier molecular flexibility index (Phi) is 4.31. The molecule has 2 aromatic carbocycles. The average Bonchev–Trinajstić information content (AvgIpc) is 2.98. The predicted octanol–water partition coefficient (Wildman–Crippen LogP) is 5.24. The number of nitrogens with one attached hydrogen (secondary N) is 1. The molecule has 25 heavy (non-hydrogen) atoms. The van der Waals surface area contributed by atoms with Gasteiger partial charge in [0.2, 0.25) is 0 Å². The highest BCUT2D eigenvalue weighted by molar-refractivity contribution is 6.34. The lowest BCUT2D eigenvalue weighted by atomic mass is 9.83. The van der Waals surface area contributed by atoms with E-state index in [-0.39, 0.29) is 5.91 Å². The zero-order valence-corrected chi connectivity index (χ0v) is 14.5. The molecule has 128 valence electrons. The van der Waals surface area contributed by atoms with E-state index in [0.717, 1.165) is 28.1 Å². The first kappa shape index (κ1) is 15.9. The van der Waals surface area contributed by atoms with E-state index in [1.165, 1.54) is 37.7 Å². The summed E-state index contributed by atoms with van der Waals surface area (Å²) >= 11 is 0. The highest BCUT2D eigenvalue weighted by Crippen LogP contribution is 2.39. The Morgan fingerprint density at radius 3 is 2.68 bits per heavy atom. The summed E-state index contributed by atoms with van der Waals surface area (Å²) in [4.78, 5) is 12.3. The van der Waals surface area contributed by atoms with Crippen molar-refractivity contribution in [2.24, 2.45) is 0 Å². The molecule has 3 nitrogen and oxygen atoms in total. The van der Waals surface area contributed by atoms with Gasteiger partial charge in [0.05, 0.1) is 7.11 Å². The Balaban J connectivity index is 1.73. The molecule has 1 aliphatic heterocycles. The first-order valence-corrected chi connectivity index (χ1v) is 9.06. The van der Waals surface area contributed by atoms with E-state index < -0.39 is 0 Å². The van der Waals surface area contributed by atoms with Crippen molar-refractivity contribution in [2.45, 2.75) is 38.0 Å². The summed E-state index contributed by atoms with van der Waals surface area (Å²) < 4.78 is 5.60. The zero-order chi connectivity index (χ0) is 17.2. The second-order valence-corrected chi connectivity index (χ2v) is 6.89. The lowest BCUT2D eigenvalue weighted by molar-refractivity contribution is -0.110. The molecule has 0 atom stereocenters. The van der Waals surface area contributed by atoms with Crippen LogP contribution in [0.2, 0.25) is 0 Å². The standard InChI is InChI=1S/C22H23NO2/c1-25-21-12-11-15(13-18(21)16-7-3-2-4-8-16)14-19-17-9-5-6-10-20(17)23-22(19)24/h5-6,9-14,16H,2-4,7-8H2,1H3,(H,23,24)/b19-14+. The van der Waals surface area contributed by atoms with Crippen molar-refractivity contribution in [3.05, 3.63) is 59.2 Å². The average molecular weight is 333 g/mol. The molecule has 1 N–H and O–H groups in total. The molecule has 0 bridgehead atoms. The third kappa shape index (κ3) is 3.07. The molecule has 1 fully saturated rings. The molecule has 0 spiro atoms. The Bertz CT molecular complexity index is 832. The van der Waals surface area contributed by atoms with E-state index in [0.29, 0.717) is 5.92 Å². The van der Waals surface area contributed by atoms with E-state index in [9.17, 15) is 4.79 Å². The minimum Gasteiger partial charge on any atom is -0.496 e. The zero-order valence-electron chi connectivity index (χ0n) is 14.5. The molecule has 2 aromatic rings. The highest BCUT2D eigenvalue weighted by atomic mass is 16.5. The van der Waals surface area contributed by atoms with Crippen molar-refractivity contribution >= 4 is 23.2 Å². The lowest BCUT2D eigenvalue weighted by Gasteiger charge is -2.24. The molecule has 2 aliphatic rings. The highest BCUT2D eigenvalue weighted by Gasteiger charge is 2.24. The number of methoxy groups -OCH3 is 1. The molecule has 1 aliphatic carbocycles. The van der Waals surface area contributed by atoms with Crippen molar-refractivity contribution in [1.29, 1.82) is 0 Å². The number of carbonyl (C=O) groups is 1. The van der Waals surface area contributed by atoms with Gasteiger partial charge in [0.15, 0.2) is 0 Å². The quantitative estimate of drug-likeness (QED) is 0.781. The fourth-order valence-corrected chi connectivity index (χ4v) is 4.02. The van der Waals surface area contributed by atoms with E-state index in [2.05, 4.69) is 11.4 Å². The minimum absolute atomic E-state index is 0.0313. The fraction of sp³-hybridized carbons (Fsp3) is 0.318. The maximum absolute atomic E-state index is 12.3. The Hall–Kier alpha value is -2.55. The van der Waals surface area contributed by atoms with Crippen LogP contribution in [-0.4, -0.2) is 13.0 Å². The number of carbonyl (C=O) groups excluding carboxylic acids is 1. The van der Waals surface area contributed by atoms with Crippen LogP contribution >= 0.6 is 0 Å². The van der Waals surface area contributed by atoms with Crippen LogP contribution in [0.3, 0.4) is 0 Å². The van der Waals surface area contributed by atoms with Gasteiger partial charge < -0.3 is 10.1 Å². The first-order valence-electron chi connectivity index (χ1n) is 9.06. The van der Waals surface area contributed by atoms with Gasteiger partial charge in [-0.1, -0.05) is 43.5 Å². The van der Waals surface area contributed by atoms with Crippen LogP contribution < -0.4 is 10.1 Å². The van der Waals surface area contributed by atoms with Crippen LogP contribution in [-0.2, 0) is 4.79 Å². The van der Waals surface area contributed by atoms with Gasteiger partial charge in [-0.2, -0.15) is 0 Å². The van der Waals surface area contributed by atoms with Crippen molar-refractivity contribution in [2.75, 3.05) is 12.4 Å². The number of hydrogen-bond acceptors (Lipinski definition) is 2. The van der Waals surface area contributed by atoms with E-state index in [4.69, 9.17) is 4.74 Å². The number of hydrogen-bond donors (Lipinski definition) is 1. The van der Waals surface area contributed by atoms with Gasteiger partial charge >= 0.3 is 0 Å². The molecule has 3 heteroatoms. The Morgan fingerprint density at radius 2 is 1.88 bits per heavy atom. The smallest absolute Gasteiger partial charge is 0.256 e. The third-order valence-corrected chi connectivity index (χ3v) is 5.32. The Labute approximate surface area is 148 Å². The molecule has 1 saturated carbocycles. The summed E-state index contributed by atoms with van der Waals surface area (Å²) in [5.74, 6) is 1.49. The number of amides is 1. The van der Waals surface area contributed by atoms with Crippen LogP contribution in [0.4, 0.5) is 5.69 Å². The van der Waals surface area contributed by atoms with Crippen LogP contribution in [0.5, 0.6) is 5.75 Å². The number of ether oxygens (including phenoxy) is 1. The number of rotatable bonds is 3. The van der Waals surface area contributed by atoms with Gasteiger partial charge in [-0.15, -0.1) is 0 Å². The van der Waals surface area contributed by atoms with Gasteiger partial charge in [0, 0.05) is 16.8 Å². The van der Waals surface area contributed by atoms with Crippen molar-refractivity contribution in [3.63, 3.8) is 0 Å². The number of anilines is 1. The Morgan fingerprint density at radius 1 is 1.08 bits per heavy atom. The molecule has 1 heterocycles. The molecule has 0 unspecified atom stereocenters. The summed E-state index contributed by atoms with van der Waals surface area (Å²) in [6.07, 6.45) is 8.34. The summed E-state index contributed by atoms with van der Waals surface area (Å²) in [7, 11) is 1.74. The van der Waals surface area contributed by atoms with Gasteiger partial charge in [-0.3, -0.25) is 4.79 Å². The number of fused-ring (bicyclic) bond motifs is 1. The van der Waals surface area contributed by atoms with E-state index in [1.807, 2.05) is 42.5 Å². The summed E-state index contributed by atoms with van der Waals surface area (Å²) in [6.45, 7) is 0. The normalized spacial score (nSPS) is 18.9. The molecular formula is C22H23NO2. The largest absolute Gasteiger partial charge is 0.496 e. The van der Waals surface area contributed by atoms with Crippen LogP contribution in [0, 0.1) is 0 Å². The van der Waals surface area contributed by atoms with Gasteiger partial charge in [0.25, 0.3) is 5.91 Å². The summed E-state index contributed by atoms with van der Waals surface area (Å²) in [5, 5.41) is 2.94. The molecule has 4 rings (SSSR count). The van der Waals surface area contributed by atoms with Crippen LogP contribution in [0.15, 0.2) is 42.5 Å². The molecule has 0 radical (unpaired) electrons. The first-order chi connectivity index (χ1) is 12.3. The monoisotopic (exact) mass is 333 g/mol. The van der Waals surface area contributed by atoms with E-state index >= 15 is 0 Å². The topological polar surface area (TPSA) is 38.3 Å². The van der Waals surface area contributed by atoms with Crippen molar-refractivity contribution in [1.82, 2.24) is 0 Å². The van der Waals surface area contributed by atoms with E-state index in [1.54, 1.807) is 7.11 Å². The van der Waals surface area contributed by atoms with Gasteiger partial charge in [0.1, 0.15) is 5.75 Å². The second kappa shape index (κ2) is 6.75. The molecular weight excluding hydrogens is 310 g/mol. The third-order valence-electron chi connectivity index (χ3n) is 5.32. The van der Waals surface area contributed by atoms with Crippen LogP contribution in [0.1, 0.15) is 54.7 Å². The van der Waals surface area contributed by atoms with Gasteiger partial charge in [-0.05, 0) is 54.2 Å². The minimum atomic E-state index is -0.0313.